The zero-order chi connectivity index (χ0) is 18.7. The van der Waals surface area contributed by atoms with E-state index < -0.39 is 4.92 Å². The summed E-state index contributed by atoms with van der Waals surface area (Å²) >= 11 is 0. The van der Waals surface area contributed by atoms with Crippen molar-refractivity contribution in [2.45, 2.75) is 12.5 Å². The molecular formula is C19H21N3O4. The first-order valence-corrected chi connectivity index (χ1v) is 8.40. The topological polar surface area (TPSA) is 84.7 Å². The average molecular weight is 355 g/mol. The van der Waals surface area contributed by atoms with Gasteiger partial charge in [0.1, 0.15) is 5.75 Å². The Bertz CT molecular complexity index is 818. The highest BCUT2D eigenvalue weighted by atomic mass is 16.6. The predicted octanol–water partition coefficient (Wildman–Crippen LogP) is 2.56. The fourth-order valence-corrected chi connectivity index (χ4v) is 3.04. The third kappa shape index (κ3) is 3.83. The molecule has 7 nitrogen and oxygen atoms in total. The molecule has 0 aliphatic carbocycles. The summed E-state index contributed by atoms with van der Waals surface area (Å²) in [5.41, 5.74) is 2.67. The first kappa shape index (κ1) is 17.9. The van der Waals surface area contributed by atoms with E-state index in [0.29, 0.717) is 18.7 Å². The van der Waals surface area contributed by atoms with Crippen LogP contribution in [0.2, 0.25) is 0 Å². The molecule has 0 saturated heterocycles. The molecule has 0 fully saturated rings. The van der Waals surface area contributed by atoms with Crippen molar-refractivity contribution in [3.8, 4) is 5.75 Å². The quantitative estimate of drug-likeness (QED) is 0.636. The molecular weight excluding hydrogens is 334 g/mol. The van der Waals surface area contributed by atoms with Crippen molar-refractivity contribution < 1.29 is 14.5 Å². The van der Waals surface area contributed by atoms with Gasteiger partial charge < -0.3 is 15.0 Å². The number of rotatable bonds is 6. The van der Waals surface area contributed by atoms with Crippen LogP contribution in [0.4, 0.5) is 5.69 Å². The lowest BCUT2D eigenvalue weighted by Crippen LogP contribution is -2.34. The molecule has 3 rings (SSSR count). The number of carbonyl (C=O) groups excluding carboxylic acids is 1. The van der Waals surface area contributed by atoms with Gasteiger partial charge in [-0.25, -0.2) is 0 Å². The average Bonchev–Trinajstić information content (AvgIpc) is 3.09. The largest absolute Gasteiger partial charge is 0.493 e. The van der Waals surface area contributed by atoms with Crippen LogP contribution < -0.4 is 10.1 Å². The van der Waals surface area contributed by atoms with E-state index >= 15 is 0 Å². The Labute approximate surface area is 151 Å². The van der Waals surface area contributed by atoms with E-state index in [-0.39, 0.29) is 17.6 Å². The molecule has 1 heterocycles. The van der Waals surface area contributed by atoms with Crippen LogP contribution in [0.3, 0.4) is 0 Å². The molecule has 1 amide bonds. The van der Waals surface area contributed by atoms with Crippen molar-refractivity contribution in [3.63, 3.8) is 0 Å². The molecule has 1 atom stereocenters. The number of ether oxygens (including phenoxy) is 1. The van der Waals surface area contributed by atoms with Crippen LogP contribution in [0.15, 0.2) is 42.5 Å². The number of hydrogen-bond donors (Lipinski definition) is 1. The Morgan fingerprint density at radius 3 is 2.65 bits per heavy atom. The summed E-state index contributed by atoms with van der Waals surface area (Å²) in [7, 11) is 3.93. The molecule has 136 valence electrons. The Balaban J connectivity index is 1.69. The minimum Gasteiger partial charge on any atom is -0.493 e. The number of amides is 1. The zero-order valence-electron chi connectivity index (χ0n) is 14.8. The molecule has 0 aromatic heterocycles. The van der Waals surface area contributed by atoms with Crippen LogP contribution in [0.25, 0.3) is 0 Å². The third-order valence-electron chi connectivity index (χ3n) is 4.52. The minimum absolute atomic E-state index is 0.0166. The third-order valence-corrected chi connectivity index (χ3v) is 4.52. The van der Waals surface area contributed by atoms with E-state index in [1.54, 1.807) is 0 Å². The monoisotopic (exact) mass is 355 g/mol. The smallest absolute Gasteiger partial charge is 0.269 e. The number of nitro benzene ring substituents is 1. The number of carbonyl (C=O) groups is 1. The van der Waals surface area contributed by atoms with Gasteiger partial charge in [-0.15, -0.1) is 0 Å². The van der Waals surface area contributed by atoms with Crippen LogP contribution in [-0.4, -0.2) is 43.0 Å². The van der Waals surface area contributed by atoms with Gasteiger partial charge in [0.25, 0.3) is 11.6 Å². The number of hydrogen-bond acceptors (Lipinski definition) is 5. The van der Waals surface area contributed by atoms with Gasteiger partial charge in [-0.2, -0.15) is 0 Å². The summed E-state index contributed by atoms with van der Waals surface area (Å²) in [6.07, 6.45) is 0.901. The standard InChI is InChI=1S/C19H21N3O4/c1-21(2)17(14-5-8-18-15(11-14)9-10-26-18)12-20-19(23)13-3-6-16(7-4-13)22(24)25/h3-8,11,17H,9-10,12H2,1-2H3,(H,20,23). The molecule has 26 heavy (non-hydrogen) atoms. The number of fused-ring (bicyclic) bond motifs is 1. The van der Waals surface area contributed by atoms with Crippen molar-refractivity contribution in [3.05, 3.63) is 69.3 Å². The van der Waals surface area contributed by atoms with Crippen LogP contribution in [0.1, 0.15) is 27.5 Å². The predicted molar refractivity (Wildman–Crippen MR) is 97.5 cm³/mol. The molecule has 1 unspecified atom stereocenters. The maximum Gasteiger partial charge on any atom is 0.269 e. The summed E-state index contributed by atoms with van der Waals surface area (Å²) in [6, 6.07) is 11.7. The molecule has 0 bridgehead atoms. The molecule has 1 aliphatic rings. The zero-order valence-corrected chi connectivity index (χ0v) is 14.8. The van der Waals surface area contributed by atoms with E-state index in [0.717, 1.165) is 17.7 Å². The summed E-state index contributed by atoms with van der Waals surface area (Å²) in [4.78, 5) is 24.6. The van der Waals surface area contributed by atoms with Gasteiger partial charge in [-0.05, 0) is 43.4 Å². The number of non-ortho nitro benzene ring substituents is 1. The highest BCUT2D eigenvalue weighted by Gasteiger charge is 2.20. The van der Waals surface area contributed by atoms with Crippen LogP contribution in [0, 0.1) is 10.1 Å². The van der Waals surface area contributed by atoms with E-state index in [4.69, 9.17) is 4.74 Å². The second kappa shape index (κ2) is 7.53. The summed E-state index contributed by atoms with van der Waals surface area (Å²) in [5, 5.41) is 13.6. The van der Waals surface area contributed by atoms with E-state index in [1.165, 1.54) is 29.8 Å². The van der Waals surface area contributed by atoms with Gasteiger partial charge in [0.2, 0.25) is 0 Å². The van der Waals surface area contributed by atoms with Crippen LogP contribution in [0.5, 0.6) is 5.75 Å². The number of nitrogens with one attached hydrogen (secondary N) is 1. The fraction of sp³-hybridized carbons (Fsp3) is 0.316. The first-order chi connectivity index (χ1) is 12.5. The number of benzene rings is 2. The van der Waals surface area contributed by atoms with Crippen LogP contribution >= 0.6 is 0 Å². The highest BCUT2D eigenvalue weighted by Crippen LogP contribution is 2.29. The summed E-state index contributed by atoms with van der Waals surface area (Å²) < 4.78 is 5.54. The maximum atomic E-state index is 12.4. The second-order valence-corrected chi connectivity index (χ2v) is 6.46. The van der Waals surface area contributed by atoms with Gasteiger partial charge in [0.15, 0.2) is 0 Å². The van der Waals surface area contributed by atoms with Crippen molar-refractivity contribution in [1.29, 1.82) is 0 Å². The van der Waals surface area contributed by atoms with Crippen molar-refractivity contribution in [2.75, 3.05) is 27.2 Å². The Morgan fingerprint density at radius 1 is 1.27 bits per heavy atom. The van der Waals surface area contributed by atoms with Crippen molar-refractivity contribution in [2.24, 2.45) is 0 Å². The minimum atomic E-state index is -0.485. The molecule has 0 radical (unpaired) electrons. The number of nitro groups is 1. The SMILES string of the molecule is CN(C)C(CNC(=O)c1ccc([N+](=O)[O-])cc1)c1ccc2c(c1)CCO2. The van der Waals surface area contributed by atoms with E-state index in [1.807, 2.05) is 31.1 Å². The highest BCUT2D eigenvalue weighted by molar-refractivity contribution is 5.94. The Morgan fingerprint density at radius 2 is 2.00 bits per heavy atom. The molecule has 1 N–H and O–H groups in total. The molecule has 2 aromatic carbocycles. The fourth-order valence-electron chi connectivity index (χ4n) is 3.04. The maximum absolute atomic E-state index is 12.4. The van der Waals surface area contributed by atoms with Crippen LogP contribution in [-0.2, 0) is 6.42 Å². The van der Waals surface area contributed by atoms with Gasteiger partial charge in [0.05, 0.1) is 17.6 Å². The lowest BCUT2D eigenvalue weighted by molar-refractivity contribution is -0.384. The van der Waals surface area contributed by atoms with Gasteiger partial charge >= 0.3 is 0 Å². The molecule has 7 heteroatoms. The molecule has 0 spiro atoms. The van der Waals surface area contributed by atoms with E-state index in [2.05, 4.69) is 11.4 Å². The number of nitrogens with zero attached hydrogens (tertiary/aromatic N) is 2. The second-order valence-electron chi connectivity index (χ2n) is 6.46. The molecule has 2 aromatic rings. The van der Waals surface area contributed by atoms with Crippen molar-refractivity contribution in [1.82, 2.24) is 10.2 Å². The summed E-state index contributed by atoms with van der Waals surface area (Å²) in [6.45, 7) is 1.14. The van der Waals surface area contributed by atoms with Gasteiger partial charge in [-0.3, -0.25) is 14.9 Å². The number of likely N-dealkylation sites (N-methyl/N-ethyl adjacent to an activating group) is 1. The Hall–Kier alpha value is -2.93. The van der Waals surface area contributed by atoms with Gasteiger partial charge in [-0.1, -0.05) is 12.1 Å². The molecule has 1 aliphatic heterocycles. The lowest BCUT2D eigenvalue weighted by Gasteiger charge is -2.25. The van der Waals surface area contributed by atoms with E-state index in [9.17, 15) is 14.9 Å². The normalized spacial score (nSPS) is 13.8. The Kier molecular flexibility index (Phi) is 5.18. The lowest BCUT2D eigenvalue weighted by atomic mass is 10.0. The summed E-state index contributed by atoms with van der Waals surface area (Å²) in [5.74, 6) is 0.678. The first-order valence-electron chi connectivity index (χ1n) is 8.40. The van der Waals surface area contributed by atoms with Gasteiger partial charge in [0, 0.05) is 30.7 Å². The van der Waals surface area contributed by atoms with Crippen molar-refractivity contribution >= 4 is 11.6 Å². The molecule has 0 saturated carbocycles.